The van der Waals surface area contributed by atoms with E-state index in [1.807, 2.05) is 7.05 Å². The predicted molar refractivity (Wildman–Crippen MR) is 55.4 cm³/mol. The van der Waals surface area contributed by atoms with Crippen LogP contribution in [0.4, 0.5) is 0 Å². The SMILES string of the molecule is CN(C(=O)c1cnccn1)C1CCNC1. The molecule has 1 aromatic heterocycles. The highest BCUT2D eigenvalue weighted by Crippen LogP contribution is 2.09. The first-order valence-corrected chi connectivity index (χ1v) is 5.03. The molecule has 1 N–H and O–H groups in total. The van der Waals surface area contributed by atoms with E-state index in [1.54, 1.807) is 11.1 Å². The normalized spacial score (nSPS) is 20.2. The van der Waals surface area contributed by atoms with Crippen molar-refractivity contribution in [1.82, 2.24) is 20.2 Å². The average Bonchev–Trinajstić information content (AvgIpc) is 2.82. The molecule has 2 heterocycles. The van der Waals surface area contributed by atoms with Crippen molar-refractivity contribution in [3.8, 4) is 0 Å². The van der Waals surface area contributed by atoms with Crippen LogP contribution in [-0.2, 0) is 0 Å². The molecule has 0 aromatic carbocycles. The molecule has 0 saturated carbocycles. The lowest BCUT2D eigenvalue weighted by Gasteiger charge is -2.22. The smallest absolute Gasteiger partial charge is 0.274 e. The van der Waals surface area contributed by atoms with Gasteiger partial charge in [-0.25, -0.2) is 4.98 Å². The van der Waals surface area contributed by atoms with Crippen molar-refractivity contribution >= 4 is 5.91 Å². The van der Waals surface area contributed by atoms with Crippen molar-refractivity contribution in [2.24, 2.45) is 0 Å². The molecule has 1 unspecified atom stereocenters. The van der Waals surface area contributed by atoms with Crippen molar-refractivity contribution in [2.75, 3.05) is 20.1 Å². The van der Waals surface area contributed by atoms with Gasteiger partial charge in [0.25, 0.3) is 5.91 Å². The van der Waals surface area contributed by atoms with Crippen LogP contribution < -0.4 is 5.32 Å². The molecule has 2 rings (SSSR count). The third kappa shape index (κ3) is 2.12. The maximum absolute atomic E-state index is 11.9. The fourth-order valence-electron chi connectivity index (χ4n) is 1.73. The van der Waals surface area contributed by atoms with E-state index in [0.29, 0.717) is 5.69 Å². The molecule has 80 valence electrons. The minimum atomic E-state index is -0.0585. The van der Waals surface area contributed by atoms with Crippen LogP contribution in [0, 0.1) is 0 Å². The molecular formula is C10H14N4O. The summed E-state index contributed by atoms with van der Waals surface area (Å²) < 4.78 is 0. The number of carbonyl (C=O) groups is 1. The number of carbonyl (C=O) groups excluding carboxylic acids is 1. The highest BCUT2D eigenvalue weighted by molar-refractivity contribution is 5.92. The Morgan fingerprint density at radius 2 is 2.47 bits per heavy atom. The van der Waals surface area contributed by atoms with Gasteiger partial charge in [-0.2, -0.15) is 0 Å². The van der Waals surface area contributed by atoms with Crippen LogP contribution in [0.2, 0.25) is 0 Å². The van der Waals surface area contributed by atoms with Gasteiger partial charge in [-0.05, 0) is 13.0 Å². The number of nitrogens with one attached hydrogen (secondary N) is 1. The second-order valence-corrected chi connectivity index (χ2v) is 3.65. The minimum Gasteiger partial charge on any atom is -0.336 e. The molecule has 1 saturated heterocycles. The van der Waals surface area contributed by atoms with Crippen molar-refractivity contribution in [3.63, 3.8) is 0 Å². The fourth-order valence-corrected chi connectivity index (χ4v) is 1.73. The molecule has 0 aliphatic carbocycles. The van der Waals surface area contributed by atoms with Gasteiger partial charge in [-0.3, -0.25) is 9.78 Å². The van der Waals surface area contributed by atoms with Crippen LogP contribution >= 0.6 is 0 Å². The van der Waals surface area contributed by atoms with Gasteiger partial charge in [0.2, 0.25) is 0 Å². The Morgan fingerprint density at radius 1 is 1.60 bits per heavy atom. The van der Waals surface area contributed by atoms with Gasteiger partial charge < -0.3 is 10.2 Å². The van der Waals surface area contributed by atoms with E-state index in [1.165, 1.54) is 12.4 Å². The number of aromatic nitrogens is 2. The van der Waals surface area contributed by atoms with E-state index < -0.39 is 0 Å². The van der Waals surface area contributed by atoms with Gasteiger partial charge in [0.05, 0.1) is 6.20 Å². The Kier molecular flexibility index (Phi) is 2.91. The zero-order valence-corrected chi connectivity index (χ0v) is 8.68. The van der Waals surface area contributed by atoms with Gasteiger partial charge in [0.15, 0.2) is 0 Å². The largest absolute Gasteiger partial charge is 0.336 e. The number of likely N-dealkylation sites (N-methyl/N-ethyl adjacent to an activating group) is 1. The second-order valence-electron chi connectivity index (χ2n) is 3.65. The quantitative estimate of drug-likeness (QED) is 0.734. The molecule has 1 amide bonds. The molecule has 5 nitrogen and oxygen atoms in total. The Labute approximate surface area is 88.5 Å². The molecule has 0 radical (unpaired) electrons. The number of hydrogen-bond acceptors (Lipinski definition) is 4. The highest BCUT2D eigenvalue weighted by Gasteiger charge is 2.24. The lowest BCUT2D eigenvalue weighted by atomic mass is 10.2. The molecule has 0 bridgehead atoms. The van der Waals surface area contributed by atoms with Gasteiger partial charge in [0.1, 0.15) is 5.69 Å². The van der Waals surface area contributed by atoms with E-state index in [0.717, 1.165) is 19.5 Å². The second kappa shape index (κ2) is 4.35. The van der Waals surface area contributed by atoms with Gasteiger partial charge in [-0.15, -0.1) is 0 Å². The van der Waals surface area contributed by atoms with Crippen LogP contribution in [0.15, 0.2) is 18.6 Å². The third-order valence-electron chi connectivity index (χ3n) is 2.68. The van der Waals surface area contributed by atoms with E-state index in [4.69, 9.17) is 0 Å². The average molecular weight is 206 g/mol. The molecule has 15 heavy (non-hydrogen) atoms. The monoisotopic (exact) mass is 206 g/mol. The number of hydrogen-bond donors (Lipinski definition) is 1. The Hall–Kier alpha value is -1.49. The summed E-state index contributed by atoms with van der Waals surface area (Å²) in [5.41, 5.74) is 0.409. The van der Waals surface area contributed by atoms with Gasteiger partial charge in [-0.1, -0.05) is 0 Å². The molecule has 5 heteroatoms. The standard InChI is InChI=1S/C10H14N4O/c1-14(8-2-3-11-6-8)10(15)9-7-12-4-5-13-9/h4-5,7-8,11H,2-3,6H2,1H3. The maximum atomic E-state index is 11.9. The van der Waals surface area contributed by atoms with Gasteiger partial charge in [0, 0.05) is 32.0 Å². The van der Waals surface area contributed by atoms with Crippen LogP contribution in [-0.4, -0.2) is 47.0 Å². The number of nitrogens with zero attached hydrogens (tertiary/aromatic N) is 3. The summed E-state index contributed by atoms with van der Waals surface area (Å²) in [5, 5.41) is 3.23. The van der Waals surface area contributed by atoms with E-state index in [-0.39, 0.29) is 11.9 Å². The van der Waals surface area contributed by atoms with E-state index in [2.05, 4.69) is 15.3 Å². The summed E-state index contributed by atoms with van der Waals surface area (Å²) in [5.74, 6) is -0.0585. The van der Waals surface area contributed by atoms with Crippen LogP contribution in [0.25, 0.3) is 0 Å². The van der Waals surface area contributed by atoms with Crippen molar-refractivity contribution in [1.29, 1.82) is 0 Å². The van der Waals surface area contributed by atoms with Crippen LogP contribution in [0.3, 0.4) is 0 Å². The summed E-state index contributed by atoms with van der Waals surface area (Å²) in [6, 6.07) is 0.277. The minimum absolute atomic E-state index is 0.0585. The summed E-state index contributed by atoms with van der Waals surface area (Å²) >= 11 is 0. The van der Waals surface area contributed by atoms with Crippen molar-refractivity contribution < 1.29 is 4.79 Å². The molecule has 1 fully saturated rings. The predicted octanol–water partition coefficient (Wildman–Crippen LogP) is -0.0895. The lowest BCUT2D eigenvalue weighted by molar-refractivity contribution is 0.0737. The zero-order chi connectivity index (χ0) is 10.7. The van der Waals surface area contributed by atoms with Gasteiger partial charge >= 0.3 is 0 Å². The van der Waals surface area contributed by atoms with Crippen LogP contribution in [0.5, 0.6) is 0 Å². The third-order valence-corrected chi connectivity index (χ3v) is 2.68. The van der Waals surface area contributed by atoms with Crippen molar-refractivity contribution in [3.05, 3.63) is 24.3 Å². The van der Waals surface area contributed by atoms with E-state index in [9.17, 15) is 4.79 Å². The number of rotatable bonds is 2. The van der Waals surface area contributed by atoms with Crippen molar-refractivity contribution in [2.45, 2.75) is 12.5 Å². The Bertz CT molecular complexity index is 335. The number of amides is 1. The molecule has 0 spiro atoms. The molecule has 1 atom stereocenters. The zero-order valence-electron chi connectivity index (χ0n) is 8.68. The first-order valence-electron chi connectivity index (χ1n) is 5.03. The summed E-state index contributed by atoms with van der Waals surface area (Å²) in [7, 11) is 1.81. The summed E-state index contributed by atoms with van der Waals surface area (Å²) in [4.78, 5) is 21.6. The first kappa shape index (κ1) is 10.0. The Morgan fingerprint density at radius 3 is 3.07 bits per heavy atom. The Balaban J connectivity index is 2.07. The highest BCUT2D eigenvalue weighted by atomic mass is 16.2. The molecule has 1 aliphatic rings. The summed E-state index contributed by atoms with van der Waals surface area (Å²) in [6.45, 7) is 1.84. The topological polar surface area (TPSA) is 58.1 Å². The van der Waals surface area contributed by atoms with E-state index >= 15 is 0 Å². The summed E-state index contributed by atoms with van der Waals surface area (Å²) in [6.07, 6.45) is 5.60. The first-order chi connectivity index (χ1) is 7.29. The maximum Gasteiger partial charge on any atom is 0.274 e. The lowest BCUT2D eigenvalue weighted by Crippen LogP contribution is -2.38. The van der Waals surface area contributed by atoms with Crippen LogP contribution in [0.1, 0.15) is 16.9 Å². The molecule has 1 aliphatic heterocycles. The molecular weight excluding hydrogens is 192 g/mol. The fraction of sp³-hybridized carbons (Fsp3) is 0.500. The molecule has 1 aromatic rings.